The van der Waals surface area contributed by atoms with Crippen molar-refractivity contribution in [3.05, 3.63) is 35.4 Å². The molecule has 1 N–H and O–H groups in total. The maximum Gasteiger partial charge on any atom is 0.0295 e. The van der Waals surface area contributed by atoms with E-state index >= 15 is 0 Å². The molecule has 1 aliphatic carbocycles. The van der Waals surface area contributed by atoms with Crippen LogP contribution in [0.15, 0.2) is 24.3 Å². The molecule has 1 nitrogen and oxygen atoms in total. The van der Waals surface area contributed by atoms with Gasteiger partial charge in [0.05, 0.1) is 0 Å². The van der Waals surface area contributed by atoms with E-state index in [2.05, 4.69) is 36.5 Å². The molecule has 1 aromatic carbocycles. The normalized spacial score (nSPS) is 27.9. The van der Waals surface area contributed by atoms with Crippen LogP contribution in [-0.2, 0) is 5.41 Å². The Kier molecular flexibility index (Phi) is 2.10. The van der Waals surface area contributed by atoms with Crippen LogP contribution in [0, 0.1) is 0 Å². The average molecular weight is 201 g/mol. The van der Waals surface area contributed by atoms with E-state index < -0.39 is 0 Å². The molecule has 0 radical (unpaired) electrons. The highest BCUT2D eigenvalue weighted by Crippen LogP contribution is 2.45. The van der Waals surface area contributed by atoms with Crippen molar-refractivity contribution in [1.82, 2.24) is 5.32 Å². The Bertz CT molecular complexity index is 363. The first-order valence-electron chi connectivity index (χ1n) is 6.15. The predicted molar refractivity (Wildman–Crippen MR) is 63.0 cm³/mol. The zero-order valence-corrected chi connectivity index (χ0v) is 9.42. The maximum absolute atomic E-state index is 3.67. The van der Waals surface area contributed by atoms with Crippen molar-refractivity contribution >= 4 is 0 Å². The first-order chi connectivity index (χ1) is 7.32. The summed E-state index contributed by atoms with van der Waals surface area (Å²) in [5, 5.41) is 3.67. The van der Waals surface area contributed by atoms with E-state index in [1.807, 2.05) is 0 Å². The number of nitrogens with one attached hydrogen (secondary N) is 1. The Balaban J connectivity index is 2.11. The van der Waals surface area contributed by atoms with Crippen molar-refractivity contribution in [1.29, 1.82) is 0 Å². The van der Waals surface area contributed by atoms with Crippen molar-refractivity contribution in [3.8, 4) is 0 Å². The molecule has 3 rings (SSSR count). The number of benzene rings is 1. The zero-order chi connectivity index (χ0) is 10.3. The van der Waals surface area contributed by atoms with E-state index in [9.17, 15) is 0 Å². The van der Waals surface area contributed by atoms with Crippen LogP contribution in [0.2, 0.25) is 0 Å². The van der Waals surface area contributed by atoms with Crippen LogP contribution in [0.25, 0.3) is 0 Å². The Morgan fingerprint density at radius 3 is 2.73 bits per heavy atom. The first kappa shape index (κ1) is 9.41. The van der Waals surface area contributed by atoms with E-state index in [0.29, 0.717) is 11.5 Å². The molecule has 1 saturated carbocycles. The molecule has 80 valence electrons. The van der Waals surface area contributed by atoms with Gasteiger partial charge in [0.25, 0.3) is 0 Å². The highest BCUT2D eigenvalue weighted by atomic mass is 14.9. The van der Waals surface area contributed by atoms with Gasteiger partial charge in [0, 0.05) is 18.0 Å². The van der Waals surface area contributed by atoms with E-state index in [-0.39, 0.29) is 0 Å². The summed E-state index contributed by atoms with van der Waals surface area (Å²) in [4.78, 5) is 0. The predicted octanol–water partition coefficient (Wildman–Crippen LogP) is 3.16. The van der Waals surface area contributed by atoms with Gasteiger partial charge in [-0.25, -0.2) is 0 Å². The van der Waals surface area contributed by atoms with Gasteiger partial charge >= 0.3 is 0 Å². The quantitative estimate of drug-likeness (QED) is 0.680. The summed E-state index contributed by atoms with van der Waals surface area (Å²) >= 11 is 0. The zero-order valence-electron chi connectivity index (χ0n) is 9.42. The number of hydrogen-bond acceptors (Lipinski definition) is 1. The maximum atomic E-state index is 3.67. The molecule has 0 unspecified atom stereocenters. The summed E-state index contributed by atoms with van der Waals surface area (Å²) < 4.78 is 0. The topological polar surface area (TPSA) is 12.0 Å². The van der Waals surface area contributed by atoms with Crippen LogP contribution in [0.5, 0.6) is 0 Å². The fraction of sp³-hybridized carbons (Fsp3) is 0.571. The van der Waals surface area contributed by atoms with Gasteiger partial charge in [-0.1, -0.05) is 37.1 Å². The molecule has 0 bridgehead atoms. The van der Waals surface area contributed by atoms with Crippen LogP contribution < -0.4 is 5.32 Å². The summed E-state index contributed by atoms with van der Waals surface area (Å²) in [6.07, 6.45) is 5.57. The lowest BCUT2D eigenvalue weighted by molar-refractivity contribution is 0.348. The minimum absolute atomic E-state index is 0.475. The Labute approximate surface area is 91.9 Å². The van der Waals surface area contributed by atoms with Crippen molar-refractivity contribution in [3.63, 3.8) is 0 Å². The average Bonchev–Trinajstić information content (AvgIpc) is 2.74. The lowest BCUT2D eigenvalue weighted by atomic mass is 9.73. The smallest absolute Gasteiger partial charge is 0.0295 e. The molecule has 1 heteroatoms. The van der Waals surface area contributed by atoms with Crippen molar-refractivity contribution in [2.75, 3.05) is 6.54 Å². The molecule has 1 fully saturated rings. The minimum Gasteiger partial charge on any atom is -0.309 e. The fourth-order valence-corrected chi connectivity index (χ4v) is 3.41. The number of hydrogen-bond donors (Lipinski definition) is 1. The Hall–Kier alpha value is -0.820. The van der Waals surface area contributed by atoms with Crippen LogP contribution in [-0.4, -0.2) is 6.54 Å². The van der Waals surface area contributed by atoms with Crippen molar-refractivity contribution in [2.45, 2.75) is 44.1 Å². The summed E-state index contributed by atoms with van der Waals surface area (Å²) in [5.74, 6) is 0. The molecular formula is C14H19N. The molecule has 1 spiro atoms. The molecule has 0 aromatic heterocycles. The van der Waals surface area contributed by atoms with Gasteiger partial charge in [-0.3, -0.25) is 0 Å². The molecule has 0 saturated heterocycles. The molecule has 15 heavy (non-hydrogen) atoms. The summed E-state index contributed by atoms with van der Waals surface area (Å²) in [6, 6.07) is 9.57. The highest BCUT2D eigenvalue weighted by molar-refractivity contribution is 5.39. The third-order valence-corrected chi connectivity index (χ3v) is 4.31. The second-order valence-electron chi connectivity index (χ2n) is 5.18. The third-order valence-electron chi connectivity index (χ3n) is 4.31. The van der Waals surface area contributed by atoms with Crippen LogP contribution in [0.3, 0.4) is 0 Å². The molecule has 1 aliphatic heterocycles. The summed E-state index contributed by atoms with van der Waals surface area (Å²) in [5.41, 5.74) is 3.64. The second kappa shape index (κ2) is 3.34. The van der Waals surface area contributed by atoms with Gasteiger partial charge in [-0.05, 0) is 30.9 Å². The van der Waals surface area contributed by atoms with Gasteiger partial charge in [-0.2, -0.15) is 0 Å². The van der Waals surface area contributed by atoms with Crippen LogP contribution in [0.4, 0.5) is 0 Å². The third kappa shape index (κ3) is 1.33. The van der Waals surface area contributed by atoms with E-state index in [1.54, 1.807) is 5.56 Å². The summed E-state index contributed by atoms with van der Waals surface area (Å²) in [6.45, 7) is 3.46. The Morgan fingerprint density at radius 2 is 1.93 bits per heavy atom. The van der Waals surface area contributed by atoms with Gasteiger partial charge in [0.2, 0.25) is 0 Å². The lowest BCUT2D eigenvalue weighted by Gasteiger charge is -2.39. The van der Waals surface area contributed by atoms with Crippen molar-refractivity contribution in [2.24, 2.45) is 0 Å². The van der Waals surface area contributed by atoms with Gasteiger partial charge in [-0.15, -0.1) is 0 Å². The van der Waals surface area contributed by atoms with Crippen molar-refractivity contribution < 1.29 is 0 Å². The standard InChI is InChI=1S/C14H19N/c1-11-12-6-2-3-7-13(12)14(10-15-11)8-4-5-9-14/h2-3,6-7,11,15H,4-5,8-10H2,1H3/t11-/m0/s1. The van der Waals surface area contributed by atoms with Crippen LogP contribution >= 0.6 is 0 Å². The first-order valence-corrected chi connectivity index (χ1v) is 6.15. The minimum atomic E-state index is 0.475. The fourth-order valence-electron chi connectivity index (χ4n) is 3.41. The van der Waals surface area contributed by atoms with E-state index in [4.69, 9.17) is 0 Å². The molecule has 0 amide bonds. The lowest BCUT2D eigenvalue weighted by Crippen LogP contribution is -2.43. The van der Waals surface area contributed by atoms with Gasteiger partial charge < -0.3 is 5.32 Å². The molecule has 1 atom stereocenters. The second-order valence-corrected chi connectivity index (χ2v) is 5.18. The van der Waals surface area contributed by atoms with Gasteiger partial charge in [0.1, 0.15) is 0 Å². The molecular weight excluding hydrogens is 182 g/mol. The molecule has 1 aromatic rings. The largest absolute Gasteiger partial charge is 0.309 e. The molecule has 2 aliphatic rings. The Morgan fingerprint density at radius 1 is 1.20 bits per heavy atom. The number of fused-ring (bicyclic) bond motifs is 2. The van der Waals surface area contributed by atoms with Gasteiger partial charge in [0.15, 0.2) is 0 Å². The number of rotatable bonds is 0. The monoisotopic (exact) mass is 201 g/mol. The summed E-state index contributed by atoms with van der Waals surface area (Å²) in [7, 11) is 0. The van der Waals surface area contributed by atoms with Crippen LogP contribution in [0.1, 0.15) is 49.8 Å². The van der Waals surface area contributed by atoms with E-state index in [0.717, 1.165) is 0 Å². The highest BCUT2D eigenvalue weighted by Gasteiger charge is 2.40. The SMILES string of the molecule is C[C@@H]1NCC2(CCCC2)c2ccccc21. The van der Waals surface area contributed by atoms with E-state index in [1.165, 1.54) is 37.8 Å². The molecule has 1 heterocycles.